The van der Waals surface area contributed by atoms with Crippen LogP contribution in [-0.2, 0) is 13.1 Å². The van der Waals surface area contributed by atoms with E-state index in [4.69, 9.17) is 23.8 Å². The first-order chi connectivity index (χ1) is 16.1. The Morgan fingerprint density at radius 3 is 2.48 bits per heavy atom. The third kappa shape index (κ3) is 6.33. The second kappa shape index (κ2) is 11.4. The summed E-state index contributed by atoms with van der Waals surface area (Å²) in [5.41, 5.74) is 2.94. The van der Waals surface area contributed by atoms with Gasteiger partial charge in [-0.3, -0.25) is 4.90 Å². The standard InChI is InChI=1S/C22H29ClN8S2/c1-24-19-18-20(28-21(27-19)33-22(32)25-2)26-15-31(18)9-3-8-29-10-12-30(13-11-29)14-16-4-6-17(23)7-5-16/h4-7,15H,3,8-14H2,1-2H3,(H,25,32)(H,24,27,28). The molecule has 0 spiro atoms. The van der Waals surface area contributed by atoms with Crippen molar-refractivity contribution in [1.82, 2.24) is 34.6 Å². The zero-order valence-corrected chi connectivity index (χ0v) is 21.3. The largest absolute Gasteiger partial charge is 0.374 e. The van der Waals surface area contributed by atoms with Crippen LogP contribution in [0, 0.1) is 0 Å². The maximum absolute atomic E-state index is 5.99. The number of aromatic nitrogens is 4. The minimum absolute atomic E-state index is 0.591. The number of piperazine rings is 1. The van der Waals surface area contributed by atoms with Crippen LogP contribution in [0.2, 0.25) is 5.02 Å². The van der Waals surface area contributed by atoms with Gasteiger partial charge < -0.3 is 20.1 Å². The number of imidazole rings is 1. The van der Waals surface area contributed by atoms with E-state index < -0.39 is 0 Å². The maximum Gasteiger partial charge on any atom is 0.198 e. The predicted octanol–water partition coefficient (Wildman–Crippen LogP) is 3.33. The molecule has 3 aromatic rings. The van der Waals surface area contributed by atoms with Crippen LogP contribution < -0.4 is 10.6 Å². The van der Waals surface area contributed by atoms with Crippen molar-refractivity contribution < 1.29 is 0 Å². The molecule has 1 fully saturated rings. The second-order valence-corrected chi connectivity index (χ2v) is 10.0. The van der Waals surface area contributed by atoms with Crippen LogP contribution in [0.25, 0.3) is 11.2 Å². The molecule has 1 aliphatic rings. The molecule has 0 atom stereocenters. The normalized spacial score (nSPS) is 15.1. The molecule has 2 N–H and O–H groups in total. The lowest BCUT2D eigenvalue weighted by Gasteiger charge is -2.34. The summed E-state index contributed by atoms with van der Waals surface area (Å²) in [4.78, 5) is 18.7. The minimum Gasteiger partial charge on any atom is -0.374 e. The van der Waals surface area contributed by atoms with E-state index in [0.717, 1.165) is 68.6 Å². The number of aryl methyl sites for hydroxylation is 1. The van der Waals surface area contributed by atoms with E-state index in [1.54, 1.807) is 7.05 Å². The molecule has 2 aromatic heterocycles. The number of hydrogen-bond acceptors (Lipinski definition) is 8. The molecule has 1 aromatic carbocycles. The van der Waals surface area contributed by atoms with Gasteiger partial charge in [0.05, 0.1) is 6.33 Å². The first kappa shape index (κ1) is 24.2. The number of thiocarbonyl (C=S) groups is 1. The Balaban J connectivity index is 1.28. The van der Waals surface area contributed by atoms with Crippen LogP contribution in [0.3, 0.4) is 0 Å². The molecular weight excluding hydrogens is 476 g/mol. The third-order valence-electron chi connectivity index (χ3n) is 5.73. The van der Waals surface area contributed by atoms with Crippen LogP contribution in [0.4, 0.5) is 5.82 Å². The molecule has 8 nitrogen and oxygen atoms in total. The zero-order chi connectivity index (χ0) is 23.2. The van der Waals surface area contributed by atoms with Crippen molar-refractivity contribution in [3.8, 4) is 0 Å². The van der Waals surface area contributed by atoms with Crippen molar-refractivity contribution in [2.75, 3.05) is 52.1 Å². The van der Waals surface area contributed by atoms with Crippen LogP contribution in [-0.4, -0.2) is 80.5 Å². The third-order valence-corrected chi connectivity index (χ3v) is 7.20. The number of nitrogens with one attached hydrogen (secondary N) is 2. The molecule has 3 heterocycles. The fourth-order valence-electron chi connectivity index (χ4n) is 3.97. The van der Waals surface area contributed by atoms with Crippen LogP contribution in [0.5, 0.6) is 0 Å². The summed E-state index contributed by atoms with van der Waals surface area (Å²) in [5.74, 6) is 0.773. The van der Waals surface area contributed by atoms with E-state index in [-0.39, 0.29) is 0 Å². The van der Waals surface area contributed by atoms with E-state index in [9.17, 15) is 0 Å². The maximum atomic E-state index is 5.99. The van der Waals surface area contributed by atoms with E-state index >= 15 is 0 Å². The van der Waals surface area contributed by atoms with Crippen molar-refractivity contribution in [3.63, 3.8) is 0 Å². The number of anilines is 1. The minimum atomic E-state index is 0.591. The van der Waals surface area contributed by atoms with E-state index in [1.807, 2.05) is 25.5 Å². The highest BCUT2D eigenvalue weighted by Crippen LogP contribution is 2.24. The van der Waals surface area contributed by atoms with Gasteiger partial charge in [-0.15, -0.1) is 0 Å². The summed E-state index contributed by atoms with van der Waals surface area (Å²) < 4.78 is 2.77. The Morgan fingerprint density at radius 2 is 1.79 bits per heavy atom. The topological polar surface area (TPSA) is 74.1 Å². The van der Waals surface area contributed by atoms with Gasteiger partial charge in [-0.25, -0.2) is 15.0 Å². The van der Waals surface area contributed by atoms with Gasteiger partial charge in [-0.1, -0.05) is 36.0 Å². The fraction of sp³-hybridized carbons (Fsp3) is 0.455. The number of benzene rings is 1. The highest BCUT2D eigenvalue weighted by atomic mass is 35.5. The van der Waals surface area contributed by atoms with E-state index in [1.165, 1.54) is 17.3 Å². The first-order valence-electron chi connectivity index (χ1n) is 11.0. The number of thioether (sulfide) groups is 1. The molecule has 0 saturated carbocycles. The Bertz CT molecular complexity index is 1080. The van der Waals surface area contributed by atoms with Crippen molar-refractivity contribution >= 4 is 56.9 Å². The number of fused-ring (bicyclic) bond motifs is 1. The summed E-state index contributed by atoms with van der Waals surface area (Å²) >= 11 is 12.5. The van der Waals surface area contributed by atoms with Gasteiger partial charge in [0.25, 0.3) is 0 Å². The van der Waals surface area contributed by atoms with Crippen molar-refractivity contribution in [2.45, 2.75) is 24.7 Å². The van der Waals surface area contributed by atoms with Crippen molar-refractivity contribution in [1.29, 1.82) is 0 Å². The Morgan fingerprint density at radius 1 is 1.06 bits per heavy atom. The van der Waals surface area contributed by atoms with Crippen LogP contribution in [0.15, 0.2) is 35.7 Å². The van der Waals surface area contributed by atoms with Crippen LogP contribution >= 0.6 is 35.6 Å². The van der Waals surface area contributed by atoms with Crippen molar-refractivity contribution in [3.05, 3.63) is 41.2 Å². The Labute approximate surface area is 209 Å². The molecule has 0 bridgehead atoms. The molecule has 176 valence electrons. The molecule has 0 amide bonds. The summed E-state index contributed by atoms with van der Waals surface area (Å²) in [6.45, 7) is 7.28. The van der Waals surface area contributed by atoms with E-state index in [2.05, 4.69) is 52.1 Å². The highest BCUT2D eigenvalue weighted by Gasteiger charge is 2.18. The average molecular weight is 505 g/mol. The second-order valence-electron chi connectivity index (χ2n) is 7.95. The zero-order valence-electron chi connectivity index (χ0n) is 18.9. The summed E-state index contributed by atoms with van der Waals surface area (Å²) in [6, 6.07) is 8.16. The van der Waals surface area contributed by atoms with Gasteiger partial charge in [-0.2, -0.15) is 0 Å². The lowest BCUT2D eigenvalue weighted by molar-refractivity contribution is 0.125. The highest BCUT2D eigenvalue weighted by molar-refractivity contribution is 8.22. The summed E-state index contributed by atoms with van der Waals surface area (Å²) in [7, 11) is 3.66. The molecular formula is C22H29ClN8S2. The molecule has 4 rings (SSSR count). The molecule has 0 aliphatic carbocycles. The fourth-order valence-corrected chi connectivity index (χ4v) is 4.85. The Hall–Kier alpha value is -1.98. The molecule has 0 unspecified atom stereocenters. The summed E-state index contributed by atoms with van der Waals surface area (Å²) in [6.07, 6.45) is 2.90. The number of rotatable bonds is 8. The quantitative estimate of drug-likeness (QED) is 0.273. The Kier molecular flexibility index (Phi) is 8.37. The van der Waals surface area contributed by atoms with Gasteiger partial charge in [-0.05, 0) is 42.4 Å². The van der Waals surface area contributed by atoms with Gasteiger partial charge in [0.1, 0.15) is 9.84 Å². The van der Waals surface area contributed by atoms with Gasteiger partial charge in [0, 0.05) is 58.4 Å². The lowest BCUT2D eigenvalue weighted by Crippen LogP contribution is -2.46. The predicted molar refractivity (Wildman–Crippen MR) is 140 cm³/mol. The van der Waals surface area contributed by atoms with E-state index in [0.29, 0.717) is 15.1 Å². The molecule has 1 aliphatic heterocycles. The monoisotopic (exact) mass is 504 g/mol. The van der Waals surface area contributed by atoms with Gasteiger partial charge in [0.15, 0.2) is 16.6 Å². The SMILES string of the molecule is CNC(=S)Sc1nc(NC)c2c(ncn2CCCN2CCN(Cc3ccc(Cl)cc3)CC2)n1. The number of halogens is 1. The van der Waals surface area contributed by atoms with Crippen LogP contribution in [0.1, 0.15) is 12.0 Å². The number of hydrogen-bond donors (Lipinski definition) is 2. The lowest BCUT2D eigenvalue weighted by atomic mass is 10.2. The first-order valence-corrected chi connectivity index (χ1v) is 12.7. The molecule has 11 heteroatoms. The number of nitrogens with zero attached hydrogens (tertiary/aromatic N) is 6. The van der Waals surface area contributed by atoms with Crippen molar-refractivity contribution in [2.24, 2.45) is 0 Å². The average Bonchev–Trinajstić information content (AvgIpc) is 3.24. The smallest absolute Gasteiger partial charge is 0.198 e. The molecule has 33 heavy (non-hydrogen) atoms. The molecule has 1 saturated heterocycles. The summed E-state index contributed by atoms with van der Waals surface area (Å²) in [5, 5.41) is 7.50. The van der Waals surface area contributed by atoms with Gasteiger partial charge >= 0.3 is 0 Å². The van der Waals surface area contributed by atoms with Gasteiger partial charge in [0.2, 0.25) is 0 Å². The molecule has 0 radical (unpaired) electrons.